The Morgan fingerprint density at radius 2 is 1.71 bits per heavy atom. The molecular formula is C17H15F2NO4. The van der Waals surface area contributed by atoms with Gasteiger partial charge < -0.3 is 14.4 Å². The molecule has 0 aliphatic carbocycles. The number of hydrogen-bond acceptors (Lipinski definition) is 5. The lowest BCUT2D eigenvalue weighted by Gasteiger charge is -2.24. The van der Waals surface area contributed by atoms with Crippen LogP contribution in [0.25, 0.3) is 0 Å². The molecule has 1 aliphatic heterocycles. The summed E-state index contributed by atoms with van der Waals surface area (Å²) in [4.78, 5) is 25.4. The average Bonchev–Trinajstić information content (AvgIpc) is 2.79. The molecule has 126 valence electrons. The number of hydrogen-bond donors (Lipinski definition) is 0. The van der Waals surface area contributed by atoms with E-state index in [1.807, 2.05) is 0 Å². The summed E-state index contributed by atoms with van der Waals surface area (Å²) < 4.78 is 37.0. The SMILES string of the molecule is COC(=O)C1=C(C(=O)OC)N(c2cc(F)cc(F)c2C)C=CC=C1. The van der Waals surface area contributed by atoms with Gasteiger partial charge in [0.05, 0.1) is 25.5 Å². The number of benzene rings is 1. The quantitative estimate of drug-likeness (QED) is 0.795. The van der Waals surface area contributed by atoms with Crippen LogP contribution in [0.2, 0.25) is 0 Å². The van der Waals surface area contributed by atoms with E-state index in [2.05, 4.69) is 4.74 Å². The molecule has 0 fully saturated rings. The second-order valence-corrected chi connectivity index (χ2v) is 4.85. The van der Waals surface area contributed by atoms with Gasteiger partial charge in [-0.1, -0.05) is 6.08 Å². The second kappa shape index (κ2) is 7.08. The second-order valence-electron chi connectivity index (χ2n) is 4.85. The molecule has 0 aromatic heterocycles. The predicted molar refractivity (Wildman–Crippen MR) is 82.9 cm³/mol. The molecule has 5 nitrogen and oxygen atoms in total. The van der Waals surface area contributed by atoms with E-state index in [0.717, 1.165) is 26.4 Å². The lowest BCUT2D eigenvalue weighted by atomic mass is 10.1. The summed E-state index contributed by atoms with van der Waals surface area (Å²) in [7, 11) is 2.30. The van der Waals surface area contributed by atoms with Gasteiger partial charge in [0.1, 0.15) is 17.3 Å². The van der Waals surface area contributed by atoms with Gasteiger partial charge in [0, 0.05) is 17.8 Å². The number of allylic oxidation sites excluding steroid dienone is 2. The number of halogens is 2. The van der Waals surface area contributed by atoms with Gasteiger partial charge in [-0.3, -0.25) is 0 Å². The summed E-state index contributed by atoms with van der Waals surface area (Å²) in [6.07, 6.45) is 5.78. The molecule has 1 aromatic rings. The number of nitrogens with zero attached hydrogens (tertiary/aromatic N) is 1. The molecular weight excluding hydrogens is 320 g/mol. The van der Waals surface area contributed by atoms with Crippen LogP contribution in [0.15, 0.2) is 47.8 Å². The van der Waals surface area contributed by atoms with E-state index in [0.29, 0.717) is 0 Å². The van der Waals surface area contributed by atoms with E-state index < -0.39 is 23.6 Å². The molecule has 0 spiro atoms. The Bertz CT molecular complexity index is 781. The molecule has 0 radical (unpaired) electrons. The van der Waals surface area contributed by atoms with Gasteiger partial charge in [0.2, 0.25) is 0 Å². The highest BCUT2D eigenvalue weighted by molar-refractivity contribution is 6.05. The standard InChI is InChI=1S/C17H15F2NO4/c1-10-13(19)8-11(18)9-14(10)20-7-5-4-6-12(16(21)23-2)15(20)17(22)24-3/h4-9H,1-3H3. The van der Waals surface area contributed by atoms with E-state index in [1.54, 1.807) is 0 Å². The van der Waals surface area contributed by atoms with Crippen molar-refractivity contribution >= 4 is 17.6 Å². The lowest BCUT2D eigenvalue weighted by Crippen LogP contribution is -2.27. The van der Waals surface area contributed by atoms with Crippen LogP contribution in [-0.2, 0) is 19.1 Å². The van der Waals surface area contributed by atoms with E-state index in [9.17, 15) is 18.4 Å². The van der Waals surface area contributed by atoms with Crippen molar-refractivity contribution in [1.29, 1.82) is 0 Å². The van der Waals surface area contributed by atoms with Crippen molar-refractivity contribution in [3.63, 3.8) is 0 Å². The minimum Gasteiger partial charge on any atom is -0.465 e. The Kier molecular flexibility index (Phi) is 5.13. The van der Waals surface area contributed by atoms with Gasteiger partial charge in [-0.25, -0.2) is 18.4 Å². The van der Waals surface area contributed by atoms with Crippen molar-refractivity contribution in [3.8, 4) is 0 Å². The first kappa shape index (κ1) is 17.4. The Hall–Kier alpha value is -2.96. The van der Waals surface area contributed by atoms with Crippen molar-refractivity contribution in [1.82, 2.24) is 0 Å². The molecule has 1 aliphatic rings. The normalized spacial score (nSPS) is 13.8. The molecule has 7 heteroatoms. The maximum Gasteiger partial charge on any atom is 0.355 e. The third-order valence-electron chi connectivity index (χ3n) is 3.43. The molecule has 0 N–H and O–H groups in total. The monoisotopic (exact) mass is 335 g/mol. The molecule has 0 saturated heterocycles. The van der Waals surface area contributed by atoms with E-state index in [1.165, 1.54) is 36.3 Å². The van der Waals surface area contributed by atoms with Crippen molar-refractivity contribution in [2.75, 3.05) is 19.1 Å². The molecule has 24 heavy (non-hydrogen) atoms. The van der Waals surface area contributed by atoms with Crippen LogP contribution in [0.1, 0.15) is 5.56 Å². The van der Waals surface area contributed by atoms with Gasteiger partial charge in [-0.2, -0.15) is 0 Å². The number of rotatable bonds is 3. The lowest BCUT2D eigenvalue weighted by molar-refractivity contribution is -0.139. The first-order valence-corrected chi connectivity index (χ1v) is 6.91. The van der Waals surface area contributed by atoms with Crippen molar-refractivity contribution < 1.29 is 27.8 Å². The minimum atomic E-state index is -0.851. The van der Waals surface area contributed by atoms with Gasteiger partial charge in [-0.15, -0.1) is 0 Å². The summed E-state index contributed by atoms with van der Waals surface area (Å²) >= 11 is 0. The third kappa shape index (κ3) is 3.19. The van der Waals surface area contributed by atoms with Crippen LogP contribution in [-0.4, -0.2) is 26.2 Å². The van der Waals surface area contributed by atoms with Crippen molar-refractivity contribution in [2.45, 2.75) is 6.92 Å². The average molecular weight is 335 g/mol. The first-order valence-electron chi connectivity index (χ1n) is 6.91. The minimum absolute atomic E-state index is 0.0641. The number of esters is 2. The van der Waals surface area contributed by atoms with Crippen LogP contribution in [0.5, 0.6) is 0 Å². The summed E-state index contributed by atoms with van der Waals surface area (Å²) in [6.45, 7) is 1.43. The van der Waals surface area contributed by atoms with Crippen molar-refractivity contribution in [3.05, 3.63) is 65.0 Å². The number of carbonyl (C=O) groups is 2. The summed E-state index contributed by atoms with van der Waals surface area (Å²) in [5.41, 5.74) is -0.135. The Morgan fingerprint density at radius 1 is 1.04 bits per heavy atom. The molecule has 0 bridgehead atoms. The Morgan fingerprint density at radius 3 is 2.33 bits per heavy atom. The molecule has 1 heterocycles. The number of methoxy groups -OCH3 is 2. The van der Waals surface area contributed by atoms with Gasteiger partial charge in [-0.05, 0) is 25.1 Å². The molecule has 2 rings (SSSR count). The largest absolute Gasteiger partial charge is 0.465 e. The van der Waals surface area contributed by atoms with Gasteiger partial charge in [0.15, 0.2) is 0 Å². The molecule has 0 amide bonds. The van der Waals surface area contributed by atoms with Crippen LogP contribution < -0.4 is 4.90 Å². The van der Waals surface area contributed by atoms with Crippen LogP contribution in [0.4, 0.5) is 14.5 Å². The summed E-state index contributed by atoms with van der Waals surface area (Å²) in [6, 6.07) is 1.80. The predicted octanol–water partition coefficient (Wildman–Crippen LogP) is 2.76. The van der Waals surface area contributed by atoms with E-state index in [4.69, 9.17) is 4.74 Å². The number of anilines is 1. The Labute approximate surface area is 137 Å². The zero-order valence-electron chi connectivity index (χ0n) is 13.3. The van der Waals surface area contributed by atoms with Crippen LogP contribution in [0, 0.1) is 18.6 Å². The molecule has 0 saturated carbocycles. The highest BCUT2D eigenvalue weighted by Crippen LogP contribution is 2.31. The number of carbonyl (C=O) groups excluding carboxylic acids is 2. The fourth-order valence-corrected chi connectivity index (χ4v) is 2.23. The maximum atomic E-state index is 13.9. The molecule has 0 atom stereocenters. The van der Waals surface area contributed by atoms with Gasteiger partial charge >= 0.3 is 11.9 Å². The highest BCUT2D eigenvalue weighted by atomic mass is 19.1. The zero-order chi connectivity index (χ0) is 17.9. The third-order valence-corrected chi connectivity index (χ3v) is 3.43. The smallest absolute Gasteiger partial charge is 0.355 e. The van der Waals surface area contributed by atoms with E-state index in [-0.39, 0.29) is 22.5 Å². The Balaban J connectivity index is 2.75. The molecule has 1 aromatic carbocycles. The summed E-state index contributed by atoms with van der Waals surface area (Å²) in [5, 5.41) is 0. The zero-order valence-corrected chi connectivity index (χ0v) is 13.3. The number of ether oxygens (including phenoxy) is 2. The highest BCUT2D eigenvalue weighted by Gasteiger charge is 2.28. The maximum absolute atomic E-state index is 13.9. The van der Waals surface area contributed by atoms with Gasteiger partial charge in [0.25, 0.3) is 0 Å². The van der Waals surface area contributed by atoms with Crippen LogP contribution >= 0.6 is 0 Å². The fourth-order valence-electron chi connectivity index (χ4n) is 2.23. The van der Waals surface area contributed by atoms with Crippen molar-refractivity contribution in [2.24, 2.45) is 0 Å². The first-order chi connectivity index (χ1) is 11.4. The topological polar surface area (TPSA) is 55.8 Å². The van der Waals surface area contributed by atoms with E-state index >= 15 is 0 Å². The summed E-state index contributed by atoms with van der Waals surface area (Å²) in [5.74, 6) is -3.23. The van der Waals surface area contributed by atoms with Crippen LogP contribution in [0.3, 0.4) is 0 Å². The fraction of sp³-hybridized carbons (Fsp3) is 0.176. The molecule has 0 unspecified atom stereocenters.